The fraction of sp³-hybridized carbons (Fsp3) is 0.375. The molecule has 1 aliphatic heterocycles. The molecule has 0 aliphatic carbocycles. The molecule has 3 aromatic rings. The fourth-order valence-electron chi connectivity index (χ4n) is 4.12. The number of hydrogen-bond acceptors (Lipinski definition) is 5. The largest absolute Gasteiger partial charge is 0.341 e. The third-order valence-electron chi connectivity index (χ3n) is 5.65. The molecule has 32 heavy (non-hydrogen) atoms. The first kappa shape index (κ1) is 22.7. The quantitative estimate of drug-likeness (QED) is 0.478. The minimum atomic E-state index is -0.358. The van der Waals surface area contributed by atoms with E-state index in [4.69, 9.17) is 11.6 Å². The van der Waals surface area contributed by atoms with Crippen molar-refractivity contribution in [1.29, 1.82) is 0 Å². The summed E-state index contributed by atoms with van der Waals surface area (Å²) in [7, 11) is 0. The summed E-state index contributed by atoms with van der Waals surface area (Å²) in [6.45, 7) is 9.89. The maximum Gasteiger partial charge on any atom is 0.237 e. The maximum atomic E-state index is 13.1. The zero-order valence-electron chi connectivity index (χ0n) is 18.9. The number of anilines is 2. The topological polar surface area (TPSA) is 63.1 Å². The number of aryl methyl sites for hydroxylation is 3. The van der Waals surface area contributed by atoms with Crippen LogP contribution in [0.2, 0.25) is 5.02 Å². The van der Waals surface area contributed by atoms with Gasteiger partial charge < -0.3 is 10.2 Å². The van der Waals surface area contributed by atoms with Crippen molar-refractivity contribution in [3.63, 3.8) is 0 Å². The van der Waals surface area contributed by atoms with Gasteiger partial charge in [-0.15, -0.1) is 10.2 Å². The van der Waals surface area contributed by atoms with Crippen LogP contribution in [0.4, 0.5) is 11.6 Å². The van der Waals surface area contributed by atoms with E-state index in [2.05, 4.69) is 39.5 Å². The fourth-order valence-corrected chi connectivity index (χ4v) is 5.16. The Bertz CT molecular complexity index is 1120. The summed E-state index contributed by atoms with van der Waals surface area (Å²) in [6.07, 6.45) is 2.28. The van der Waals surface area contributed by atoms with Gasteiger partial charge in [-0.3, -0.25) is 9.36 Å². The molecule has 6 nitrogen and oxygen atoms in total. The summed E-state index contributed by atoms with van der Waals surface area (Å²) in [4.78, 5) is 15.3. The van der Waals surface area contributed by atoms with Crippen LogP contribution in [0, 0.1) is 20.8 Å². The number of nitrogens with zero attached hydrogens (tertiary/aromatic N) is 4. The summed E-state index contributed by atoms with van der Waals surface area (Å²) < 4.78 is 2.01. The Hall–Kier alpha value is -2.51. The molecule has 0 spiro atoms. The molecule has 1 amide bonds. The average molecular weight is 470 g/mol. The number of halogens is 1. The Morgan fingerprint density at radius 3 is 2.44 bits per heavy atom. The molecule has 1 N–H and O–H groups in total. The molecule has 0 saturated carbocycles. The number of rotatable bonds is 6. The van der Waals surface area contributed by atoms with Crippen molar-refractivity contribution in [2.24, 2.45) is 0 Å². The third-order valence-corrected chi connectivity index (χ3v) is 6.93. The first-order valence-electron chi connectivity index (χ1n) is 10.8. The molecule has 1 saturated heterocycles. The first-order valence-corrected chi connectivity index (χ1v) is 12.1. The SMILES string of the molecule is Cc1cc(C)c(NC(=O)C(C)Sc2nnc(N3CCCC3)n2-c2cccc(Cl)c2)c(C)c1. The highest BCUT2D eigenvalue weighted by atomic mass is 35.5. The van der Waals surface area contributed by atoms with Gasteiger partial charge in [0, 0.05) is 23.8 Å². The Balaban J connectivity index is 1.60. The van der Waals surface area contributed by atoms with Crippen LogP contribution in [0.25, 0.3) is 5.69 Å². The molecule has 1 atom stereocenters. The number of carbonyl (C=O) groups is 1. The standard InChI is InChI=1S/C24H28ClN5OS/c1-15-12-16(2)21(17(3)13-15)26-22(31)18(4)32-24-28-27-23(29-10-5-6-11-29)30(24)20-9-7-8-19(25)14-20/h7-9,12-14,18H,5-6,10-11H2,1-4H3,(H,26,31). The van der Waals surface area contributed by atoms with Crippen LogP contribution in [0.5, 0.6) is 0 Å². The average Bonchev–Trinajstić information content (AvgIpc) is 3.40. The molecule has 8 heteroatoms. The predicted octanol–water partition coefficient (Wildman–Crippen LogP) is 5.57. The lowest BCUT2D eigenvalue weighted by Crippen LogP contribution is -2.24. The lowest BCUT2D eigenvalue weighted by molar-refractivity contribution is -0.115. The van der Waals surface area contributed by atoms with Gasteiger partial charge in [-0.1, -0.05) is 47.1 Å². The lowest BCUT2D eigenvalue weighted by atomic mass is 10.1. The highest BCUT2D eigenvalue weighted by Gasteiger charge is 2.25. The zero-order chi connectivity index (χ0) is 22.8. The number of thioether (sulfide) groups is 1. The van der Waals surface area contributed by atoms with Gasteiger partial charge in [0.2, 0.25) is 11.9 Å². The number of hydrogen-bond donors (Lipinski definition) is 1. The molecule has 1 fully saturated rings. The van der Waals surface area contributed by atoms with Crippen LogP contribution in [0.1, 0.15) is 36.5 Å². The smallest absolute Gasteiger partial charge is 0.237 e. The number of carbonyl (C=O) groups excluding carboxylic acids is 1. The van der Waals surface area contributed by atoms with Crippen LogP contribution in [-0.2, 0) is 4.79 Å². The van der Waals surface area contributed by atoms with Gasteiger partial charge in [-0.05, 0) is 69.9 Å². The Morgan fingerprint density at radius 1 is 1.09 bits per heavy atom. The van der Waals surface area contributed by atoms with Crippen LogP contribution < -0.4 is 10.2 Å². The Morgan fingerprint density at radius 2 is 1.78 bits per heavy atom. The van der Waals surface area contributed by atoms with E-state index in [1.54, 1.807) is 0 Å². The van der Waals surface area contributed by atoms with Crippen molar-refractivity contribution < 1.29 is 4.79 Å². The molecule has 168 valence electrons. The van der Waals surface area contributed by atoms with E-state index in [1.165, 1.54) is 17.3 Å². The number of benzene rings is 2. The van der Waals surface area contributed by atoms with E-state index < -0.39 is 0 Å². The number of amides is 1. The van der Waals surface area contributed by atoms with Crippen LogP contribution >= 0.6 is 23.4 Å². The highest BCUT2D eigenvalue weighted by Crippen LogP contribution is 2.32. The molecular weight excluding hydrogens is 442 g/mol. The van der Waals surface area contributed by atoms with E-state index in [1.807, 2.05) is 49.6 Å². The van der Waals surface area contributed by atoms with Gasteiger partial charge in [0.25, 0.3) is 0 Å². The van der Waals surface area contributed by atoms with E-state index in [-0.39, 0.29) is 11.2 Å². The van der Waals surface area contributed by atoms with Crippen molar-refractivity contribution in [2.45, 2.75) is 50.9 Å². The van der Waals surface area contributed by atoms with E-state index in [0.29, 0.717) is 10.2 Å². The molecule has 2 aromatic carbocycles. The molecule has 0 radical (unpaired) electrons. The van der Waals surface area contributed by atoms with Gasteiger partial charge in [0.1, 0.15) is 0 Å². The molecule has 4 rings (SSSR count). The second-order valence-corrected chi connectivity index (χ2v) is 10.1. The van der Waals surface area contributed by atoms with Crippen LogP contribution in [0.3, 0.4) is 0 Å². The van der Waals surface area contributed by atoms with E-state index in [0.717, 1.165) is 54.4 Å². The lowest BCUT2D eigenvalue weighted by Gasteiger charge is -2.19. The number of aromatic nitrogens is 3. The first-order chi connectivity index (χ1) is 15.3. The van der Waals surface area contributed by atoms with Gasteiger partial charge in [0.15, 0.2) is 5.16 Å². The van der Waals surface area contributed by atoms with E-state index >= 15 is 0 Å². The molecule has 0 bridgehead atoms. The molecule has 1 aromatic heterocycles. The Kier molecular flexibility index (Phi) is 6.76. The van der Waals surface area contributed by atoms with Crippen molar-refractivity contribution in [2.75, 3.05) is 23.3 Å². The van der Waals surface area contributed by atoms with Gasteiger partial charge >= 0.3 is 0 Å². The van der Waals surface area contributed by atoms with Crippen molar-refractivity contribution >= 4 is 40.9 Å². The number of nitrogens with one attached hydrogen (secondary N) is 1. The van der Waals surface area contributed by atoms with Crippen LogP contribution in [-0.4, -0.2) is 39.0 Å². The summed E-state index contributed by atoms with van der Waals surface area (Å²) in [5, 5.41) is 13.0. The molecular formula is C24H28ClN5OS. The van der Waals surface area contributed by atoms with Gasteiger partial charge in [-0.25, -0.2) is 0 Å². The summed E-state index contributed by atoms with van der Waals surface area (Å²) in [6, 6.07) is 11.8. The molecule has 1 unspecified atom stereocenters. The van der Waals surface area contributed by atoms with Gasteiger partial charge in [-0.2, -0.15) is 0 Å². The maximum absolute atomic E-state index is 13.1. The minimum Gasteiger partial charge on any atom is -0.341 e. The van der Waals surface area contributed by atoms with Gasteiger partial charge in [0.05, 0.1) is 10.9 Å². The predicted molar refractivity (Wildman–Crippen MR) is 132 cm³/mol. The van der Waals surface area contributed by atoms with Crippen molar-refractivity contribution in [3.05, 3.63) is 58.1 Å². The minimum absolute atomic E-state index is 0.0616. The second-order valence-electron chi connectivity index (χ2n) is 8.32. The van der Waals surface area contributed by atoms with E-state index in [9.17, 15) is 4.79 Å². The normalized spacial score (nSPS) is 14.6. The van der Waals surface area contributed by atoms with Crippen molar-refractivity contribution in [1.82, 2.24) is 14.8 Å². The summed E-state index contributed by atoms with van der Waals surface area (Å²) in [5.74, 6) is 0.735. The summed E-state index contributed by atoms with van der Waals surface area (Å²) >= 11 is 7.67. The van der Waals surface area contributed by atoms with Crippen molar-refractivity contribution in [3.8, 4) is 5.69 Å². The molecule has 1 aliphatic rings. The third kappa shape index (κ3) is 4.79. The monoisotopic (exact) mass is 469 g/mol. The molecule has 2 heterocycles. The Labute approximate surface area is 198 Å². The summed E-state index contributed by atoms with van der Waals surface area (Å²) in [5.41, 5.74) is 5.08. The highest BCUT2D eigenvalue weighted by molar-refractivity contribution is 8.00. The van der Waals surface area contributed by atoms with Crippen LogP contribution in [0.15, 0.2) is 41.6 Å². The second kappa shape index (κ2) is 9.55. The zero-order valence-corrected chi connectivity index (χ0v) is 20.4.